The fourth-order valence-electron chi connectivity index (χ4n) is 5.06. The molecule has 0 bridgehead atoms. The summed E-state index contributed by atoms with van der Waals surface area (Å²) in [6, 6.07) is 21.6. The Morgan fingerprint density at radius 1 is 1.03 bits per heavy atom. The maximum atomic E-state index is 5.74. The molecule has 0 saturated heterocycles. The monoisotopic (exact) mass is 452 g/mol. The predicted molar refractivity (Wildman–Crippen MR) is 140 cm³/mol. The van der Waals surface area contributed by atoms with E-state index in [0.29, 0.717) is 24.5 Å². The Morgan fingerprint density at radius 2 is 1.88 bits per heavy atom. The van der Waals surface area contributed by atoms with Gasteiger partial charge in [-0.15, -0.1) is 0 Å². The third-order valence-corrected chi connectivity index (χ3v) is 6.78. The second-order valence-corrected chi connectivity index (χ2v) is 9.17. The van der Waals surface area contributed by atoms with Crippen molar-refractivity contribution in [2.75, 3.05) is 19.0 Å². The molecule has 0 aromatic heterocycles. The Labute approximate surface area is 202 Å². The van der Waals surface area contributed by atoms with Crippen LogP contribution in [-0.4, -0.2) is 19.9 Å². The van der Waals surface area contributed by atoms with Gasteiger partial charge in [-0.05, 0) is 78.8 Å². The maximum Gasteiger partial charge on any atom is 0.161 e. The van der Waals surface area contributed by atoms with Gasteiger partial charge >= 0.3 is 0 Å². The predicted octanol–water partition coefficient (Wildman–Crippen LogP) is 7.37. The number of benzene rings is 3. The number of nitrogens with zero attached hydrogens (tertiary/aromatic N) is 1. The maximum absolute atomic E-state index is 5.74. The molecule has 3 aromatic rings. The Morgan fingerprint density at radius 3 is 2.68 bits per heavy atom. The number of ether oxygens (including phenoxy) is 2. The van der Waals surface area contributed by atoms with Crippen LogP contribution in [0.5, 0.6) is 11.5 Å². The summed E-state index contributed by atoms with van der Waals surface area (Å²) in [5, 5.41) is 3.82. The van der Waals surface area contributed by atoms with Gasteiger partial charge < -0.3 is 14.8 Å². The molecule has 0 radical (unpaired) electrons. The molecule has 4 nitrogen and oxygen atoms in total. The van der Waals surface area contributed by atoms with Crippen molar-refractivity contribution in [1.29, 1.82) is 0 Å². The molecule has 5 rings (SSSR count). The highest BCUT2D eigenvalue weighted by molar-refractivity contribution is 5.83. The molecule has 0 amide bonds. The summed E-state index contributed by atoms with van der Waals surface area (Å²) in [5.74, 6) is 2.52. The Hall–Kier alpha value is -3.53. The van der Waals surface area contributed by atoms with Crippen LogP contribution in [0, 0.1) is 12.8 Å². The summed E-state index contributed by atoms with van der Waals surface area (Å²) in [6.45, 7) is 4.94. The molecule has 1 N–H and O–H groups in total. The smallest absolute Gasteiger partial charge is 0.161 e. The van der Waals surface area contributed by atoms with Crippen molar-refractivity contribution >= 4 is 17.6 Å². The highest BCUT2D eigenvalue weighted by Crippen LogP contribution is 2.50. The van der Waals surface area contributed by atoms with E-state index < -0.39 is 0 Å². The number of rotatable bonds is 7. The Kier molecular flexibility index (Phi) is 6.39. The number of allylic oxidation sites excluding steroid dienone is 2. The van der Waals surface area contributed by atoms with Gasteiger partial charge in [-0.2, -0.15) is 0 Å². The van der Waals surface area contributed by atoms with E-state index in [9.17, 15) is 0 Å². The molecule has 1 aliphatic carbocycles. The van der Waals surface area contributed by atoms with Crippen molar-refractivity contribution < 1.29 is 9.47 Å². The van der Waals surface area contributed by atoms with E-state index in [1.165, 1.54) is 22.4 Å². The summed E-state index contributed by atoms with van der Waals surface area (Å²) in [7, 11) is 1.66. The molecule has 0 saturated carbocycles. The third-order valence-electron chi connectivity index (χ3n) is 6.78. The molecular formula is C30H32N2O2. The lowest BCUT2D eigenvalue weighted by Gasteiger charge is -2.37. The average Bonchev–Trinajstić information content (AvgIpc) is 3.37. The van der Waals surface area contributed by atoms with Gasteiger partial charge in [-0.3, -0.25) is 4.99 Å². The van der Waals surface area contributed by atoms with Crippen molar-refractivity contribution in [2.45, 2.75) is 38.6 Å². The van der Waals surface area contributed by atoms with Crippen molar-refractivity contribution in [3.05, 3.63) is 95.1 Å². The number of fused-ring (bicyclic) bond motifs is 3. The first-order valence-corrected chi connectivity index (χ1v) is 12.1. The van der Waals surface area contributed by atoms with Gasteiger partial charge in [0.1, 0.15) is 0 Å². The van der Waals surface area contributed by atoms with Gasteiger partial charge in [-0.1, -0.05) is 48.9 Å². The number of anilines is 1. The van der Waals surface area contributed by atoms with Gasteiger partial charge in [-0.25, -0.2) is 0 Å². The molecule has 1 aliphatic heterocycles. The molecule has 34 heavy (non-hydrogen) atoms. The van der Waals surface area contributed by atoms with Crippen LogP contribution >= 0.6 is 0 Å². The van der Waals surface area contributed by atoms with Gasteiger partial charge in [0.05, 0.1) is 25.4 Å². The molecule has 0 fully saturated rings. The second-order valence-electron chi connectivity index (χ2n) is 9.17. The van der Waals surface area contributed by atoms with Crippen LogP contribution in [0.3, 0.4) is 0 Å². The van der Waals surface area contributed by atoms with Gasteiger partial charge in [0, 0.05) is 17.8 Å². The quantitative estimate of drug-likeness (QED) is 0.301. The number of aliphatic imine (C=N–C) groups is 1. The molecule has 0 spiro atoms. The van der Waals surface area contributed by atoms with Crippen LogP contribution in [0.1, 0.15) is 54.0 Å². The first-order valence-electron chi connectivity index (χ1n) is 12.1. The van der Waals surface area contributed by atoms with Crippen LogP contribution in [0.4, 0.5) is 11.4 Å². The van der Waals surface area contributed by atoms with E-state index in [0.717, 1.165) is 35.6 Å². The lowest BCUT2D eigenvalue weighted by molar-refractivity contribution is 0.294. The second kappa shape index (κ2) is 9.76. The minimum atomic E-state index is 0.299. The van der Waals surface area contributed by atoms with E-state index in [-0.39, 0.29) is 0 Å². The number of nitrogens with one attached hydrogen (secondary N) is 1. The molecule has 174 valence electrons. The van der Waals surface area contributed by atoms with Crippen LogP contribution in [0.2, 0.25) is 0 Å². The van der Waals surface area contributed by atoms with E-state index >= 15 is 0 Å². The van der Waals surface area contributed by atoms with Crippen molar-refractivity contribution in [3.8, 4) is 11.5 Å². The molecule has 2 aliphatic rings. The lowest BCUT2D eigenvalue weighted by Crippen LogP contribution is -2.29. The molecule has 4 heteroatoms. The summed E-state index contributed by atoms with van der Waals surface area (Å²) < 4.78 is 11.2. The highest BCUT2D eigenvalue weighted by atomic mass is 16.5. The summed E-state index contributed by atoms with van der Waals surface area (Å²) >= 11 is 0. The molecule has 3 aromatic carbocycles. The SMILES string of the molecule is CCCOc1ccc(C=Nc2ccc([C@@H]3Nc4ccc(C)cc4[C@H]4C=CC[C@H]43)cc2)cc1OC. The Balaban J connectivity index is 1.32. The first kappa shape index (κ1) is 22.3. The summed E-state index contributed by atoms with van der Waals surface area (Å²) in [6.07, 6.45) is 8.67. The van der Waals surface area contributed by atoms with Gasteiger partial charge in [0.25, 0.3) is 0 Å². The summed E-state index contributed by atoms with van der Waals surface area (Å²) in [5.41, 5.74) is 7.22. The van der Waals surface area contributed by atoms with Crippen molar-refractivity contribution in [3.63, 3.8) is 0 Å². The van der Waals surface area contributed by atoms with Gasteiger partial charge in [0.15, 0.2) is 11.5 Å². The molecule has 1 heterocycles. The van der Waals surface area contributed by atoms with Crippen LogP contribution < -0.4 is 14.8 Å². The van der Waals surface area contributed by atoms with Crippen molar-refractivity contribution in [2.24, 2.45) is 10.9 Å². The topological polar surface area (TPSA) is 42.8 Å². The minimum absolute atomic E-state index is 0.299. The van der Waals surface area contributed by atoms with E-state index in [1.807, 2.05) is 24.4 Å². The van der Waals surface area contributed by atoms with E-state index in [2.05, 4.69) is 78.8 Å². The molecule has 0 unspecified atom stereocenters. The Bertz CT molecular complexity index is 1210. The lowest BCUT2D eigenvalue weighted by atomic mass is 9.76. The zero-order valence-electron chi connectivity index (χ0n) is 20.1. The van der Waals surface area contributed by atoms with Crippen LogP contribution in [0.25, 0.3) is 0 Å². The number of hydrogen-bond donors (Lipinski definition) is 1. The molecular weight excluding hydrogens is 420 g/mol. The fraction of sp³-hybridized carbons (Fsp3) is 0.300. The van der Waals surface area contributed by atoms with Gasteiger partial charge in [0.2, 0.25) is 0 Å². The largest absolute Gasteiger partial charge is 0.493 e. The minimum Gasteiger partial charge on any atom is -0.493 e. The zero-order chi connectivity index (χ0) is 23.5. The van der Waals surface area contributed by atoms with Crippen LogP contribution in [-0.2, 0) is 0 Å². The first-order chi connectivity index (χ1) is 16.7. The standard InChI is InChI=1S/C30H32N2O2/c1-4-16-34-28-15-9-21(18-29(28)33-3)19-31-23-12-10-22(11-13-23)30-25-7-5-6-24(25)26-17-20(2)8-14-27(26)32-30/h5-6,8-15,17-19,24-25,30,32H,4,7,16H2,1-3H3/t24-,25+,30-/m0/s1. The zero-order valence-corrected chi connectivity index (χ0v) is 20.1. The third kappa shape index (κ3) is 4.45. The van der Waals surface area contributed by atoms with E-state index in [1.54, 1.807) is 7.11 Å². The summed E-state index contributed by atoms with van der Waals surface area (Å²) in [4.78, 5) is 4.69. The van der Waals surface area contributed by atoms with E-state index in [4.69, 9.17) is 9.47 Å². The number of hydrogen-bond acceptors (Lipinski definition) is 4. The molecule has 3 atom stereocenters. The fourth-order valence-corrected chi connectivity index (χ4v) is 5.06. The average molecular weight is 453 g/mol. The normalized spacial score (nSPS) is 20.6. The van der Waals surface area contributed by atoms with Crippen molar-refractivity contribution in [1.82, 2.24) is 0 Å². The van der Waals surface area contributed by atoms with Crippen LogP contribution in [0.15, 0.2) is 77.8 Å². The highest BCUT2D eigenvalue weighted by Gasteiger charge is 2.37. The number of aryl methyl sites for hydroxylation is 1. The number of methoxy groups -OCH3 is 1.